The van der Waals surface area contributed by atoms with Crippen molar-refractivity contribution in [2.45, 2.75) is 83.6 Å². The van der Waals surface area contributed by atoms with Gasteiger partial charge in [0.2, 0.25) is 11.8 Å². The normalized spacial score (nSPS) is 29.5. The van der Waals surface area contributed by atoms with Crippen LogP contribution < -0.4 is 10.6 Å². The van der Waals surface area contributed by atoms with Gasteiger partial charge in [0.25, 0.3) is 0 Å². The third kappa shape index (κ3) is 5.62. The van der Waals surface area contributed by atoms with E-state index in [9.17, 15) is 9.59 Å². The maximum Gasteiger partial charge on any atom is 0.223 e. The molecule has 0 spiro atoms. The molecular formula is C18H32N2O2. The molecule has 1 heterocycles. The fraction of sp³-hybridized carbons (Fsp3) is 0.889. The van der Waals surface area contributed by atoms with Gasteiger partial charge in [0.1, 0.15) is 0 Å². The molecule has 0 unspecified atom stereocenters. The largest absolute Gasteiger partial charge is 0.356 e. The van der Waals surface area contributed by atoms with Gasteiger partial charge >= 0.3 is 0 Å². The Bertz CT molecular complexity index is 362. The molecule has 2 aliphatic rings. The zero-order valence-electron chi connectivity index (χ0n) is 14.0. The summed E-state index contributed by atoms with van der Waals surface area (Å²) in [6.45, 7) is 2.99. The van der Waals surface area contributed by atoms with E-state index >= 15 is 0 Å². The molecule has 126 valence electrons. The molecule has 4 nitrogen and oxygen atoms in total. The van der Waals surface area contributed by atoms with E-state index in [0.29, 0.717) is 6.42 Å². The smallest absolute Gasteiger partial charge is 0.223 e. The molecule has 1 aliphatic carbocycles. The van der Waals surface area contributed by atoms with Crippen LogP contribution in [-0.4, -0.2) is 24.4 Å². The fourth-order valence-electron chi connectivity index (χ4n) is 3.81. The van der Waals surface area contributed by atoms with Crippen LogP contribution in [0.2, 0.25) is 0 Å². The Kier molecular flexibility index (Phi) is 7.20. The molecule has 1 saturated heterocycles. The molecule has 0 radical (unpaired) electrons. The van der Waals surface area contributed by atoms with Crippen molar-refractivity contribution < 1.29 is 9.59 Å². The predicted molar refractivity (Wildman–Crippen MR) is 88.4 cm³/mol. The number of unbranched alkanes of at least 4 members (excludes halogenated alkanes) is 2. The number of amides is 2. The maximum atomic E-state index is 12.4. The summed E-state index contributed by atoms with van der Waals surface area (Å²) in [6.07, 6.45) is 12.1. The molecule has 0 aromatic heterocycles. The van der Waals surface area contributed by atoms with Crippen molar-refractivity contribution in [2.75, 3.05) is 6.54 Å². The predicted octanol–water partition coefficient (Wildman–Crippen LogP) is 3.16. The van der Waals surface area contributed by atoms with Crippen LogP contribution in [0, 0.1) is 11.8 Å². The van der Waals surface area contributed by atoms with Crippen LogP contribution >= 0.6 is 0 Å². The summed E-state index contributed by atoms with van der Waals surface area (Å²) in [4.78, 5) is 24.0. The second-order valence-corrected chi connectivity index (χ2v) is 7.12. The van der Waals surface area contributed by atoms with Gasteiger partial charge in [0, 0.05) is 24.9 Å². The van der Waals surface area contributed by atoms with Gasteiger partial charge in [-0.15, -0.1) is 0 Å². The Hall–Kier alpha value is -1.06. The third-order valence-corrected chi connectivity index (χ3v) is 5.26. The summed E-state index contributed by atoms with van der Waals surface area (Å²) in [5.74, 6) is 1.27. The van der Waals surface area contributed by atoms with Crippen molar-refractivity contribution in [2.24, 2.45) is 11.8 Å². The zero-order valence-corrected chi connectivity index (χ0v) is 14.0. The van der Waals surface area contributed by atoms with Crippen molar-refractivity contribution >= 4 is 11.8 Å². The highest BCUT2D eigenvalue weighted by Crippen LogP contribution is 2.32. The van der Waals surface area contributed by atoms with Crippen LogP contribution in [0.25, 0.3) is 0 Å². The first-order valence-electron chi connectivity index (χ1n) is 9.26. The molecule has 22 heavy (non-hydrogen) atoms. The second-order valence-electron chi connectivity index (χ2n) is 7.12. The fourth-order valence-corrected chi connectivity index (χ4v) is 3.81. The van der Waals surface area contributed by atoms with E-state index in [1.54, 1.807) is 0 Å². The first-order chi connectivity index (χ1) is 10.7. The van der Waals surface area contributed by atoms with Gasteiger partial charge in [0.15, 0.2) is 0 Å². The SMILES string of the molecule is CCCCCC1CCC(C(=O)N[C@H]2CCCNC(=O)C2)CC1. The minimum absolute atomic E-state index is 0.0391. The van der Waals surface area contributed by atoms with Gasteiger partial charge in [-0.25, -0.2) is 0 Å². The maximum absolute atomic E-state index is 12.4. The number of rotatable bonds is 6. The van der Waals surface area contributed by atoms with Gasteiger partial charge < -0.3 is 10.6 Å². The number of nitrogens with one attached hydrogen (secondary N) is 2. The number of hydrogen-bond donors (Lipinski definition) is 2. The lowest BCUT2D eigenvalue weighted by atomic mass is 9.79. The summed E-state index contributed by atoms with van der Waals surface area (Å²) in [6, 6.07) is 0.0391. The molecule has 2 fully saturated rings. The molecule has 1 saturated carbocycles. The van der Waals surface area contributed by atoms with Crippen LogP contribution in [0.15, 0.2) is 0 Å². The third-order valence-electron chi connectivity index (χ3n) is 5.26. The average molecular weight is 308 g/mol. The average Bonchev–Trinajstić information content (AvgIpc) is 2.72. The Balaban J connectivity index is 1.69. The van der Waals surface area contributed by atoms with E-state index in [1.165, 1.54) is 38.5 Å². The minimum atomic E-state index is 0.0391. The lowest BCUT2D eigenvalue weighted by Gasteiger charge is -2.29. The molecule has 0 aromatic carbocycles. The van der Waals surface area contributed by atoms with Crippen molar-refractivity contribution in [3.8, 4) is 0 Å². The molecule has 0 aromatic rings. The summed E-state index contributed by atoms with van der Waals surface area (Å²) in [7, 11) is 0. The topological polar surface area (TPSA) is 58.2 Å². The standard InChI is InChI=1S/C18H32N2O2/c1-2-3-4-6-14-8-10-15(11-9-14)18(22)20-16-7-5-12-19-17(21)13-16/h14-16H,2-13H2,1H3,(H,19,21)(H,20,22)/t14?,15?,16-/m0/s1. The van der Waals surface area contributed by atoms with Crippen molar-refractivity contribution in [1.82, 2.24) is 10.6 Å². The van der Waals surface area contributed by atoms with Gasteiger partial charge in [-0.3, -0.25) is 9.59 Å². The highest BCUT2D eigenvalue weighted by atomic mass is 16.2. The van der Waals surface area contributed by atoms with Crippen LogP contribution in [0.3, 0.4) is 0 Å². The Morgan fingerprint density at radius 2 is 1.95 bits per heavy atom. The summed E-state index contributed by atoms with van der Waals surface area (Å²) < 4.78 is 0. The van der Waals surface area contributed by atoms with Crippen LogP contribution in [0.4, 0.5) is 0 Å². The van der Waals surface area contributed by atoms with Gasteiger partial charge in [0.05, 0.1) is 0 Å². The Morgan fingerprint density at radius 3 is 2.68 bits per heavy atom. The van der Waals surface area contributed by atoms with E-state index in [4.69, 9.17) is 0 Å². The van der Waals surface area contributed by atoms with E-state index in [0.717, 1.165) is 38.1 Å². The molecule has 1 atom stereocenters. The van der Waals surface area contributed by atoms with Gasteiger partial charge in [-0.1, -0.05) is 32.6 Å². The molecule has 2 rings (SSSR count). The quantitative estimate of drug-likeness (QED) is 0.741. The lowest BCUT2D eigenvalue weighted by Crippen LogP contribution is -2.41. The van der Waals surface area contributed by atoms with Crippen LogP contribution in [-0.2, 0) is 9.59 Å². The van der Waals surface area contributed by atoms with Crippen molar-refractivity contribution in [1.29, 1.82) is 0 Å². The van der Waals surface area contributed by atoms with Crippen LogP contribution in [0.5, 0.6) is 0 Å². The zero-order chi connectivity index (χ0) is 15.8. The molecule has 4 heteroatoms. The molecule has 1 aliphatic heterocycles. The number of carbonyl (C=O) groups excluding carboxylic acids is 2. The van der Waals surface area contributed by atoms with E-state index in [-0.39, 0.29) is 23.8 Å². The van der Waals surface area contributed by atoms with Gasteiger partial charge in [-0.2, -0.15) is 0 Å². The Morgan fingerprint density at radius 1 is 1.18 bits per heavy atom. The minimum Gasteiger partial charge on any atom is -0.356 e. The molecule has 2 amide bonds. The lowest BCUT2D eigenvalue weighted by molar-refractivity contribution is -0.127. The van der Waals surface area contributed by atoms with Gasteiger partial charge in [-0.05, 0) is 44.4 Å². The first kappa shape index (κ1) is 17.3. The van der Waals surface area contributed by atoms with Crippen LogP contribution in [0.1, 0.15) is 77.6 Å². The molecule has 2 N–H and O–H groups in total. The van der Waals surface area contributed by atoms with E-state index in [1.807, 2.05) is 0 Å². The summed E-state index contributed by atoms with van der Waals surface area (Å²) in [5.41, 5.74) is 0. The summed E-state index contributed by atoms with van der Waals surface area (Å²) >= 11 is 0. The Labute approximate surface area is 134 Å². The second kappa shape index (κ2) is 9.16. The monoisotopic (exact) mass is 308 g/mol. The van der Waals surface area contributed by atoms with Crippen molar-refractivity contribution in [3.05, 3.63) is 0 Å². The highest BCUT2D eigenvalue weighted by molar-refractivity contribution is 5.81. The number of hydrogen-bond acceptors (Lipinski definition) is 2. The summed E-state index contributed by atoms with van der Waals surface area (Å²) in [5, 5.41) is 5.99. The molecule has 0 bridgehead atoms. The van der Waals surface area contributed by atoms with Crippen molar-refractivity contribution in [3.63, 3.8) is 0 Å². The molecular weight excluding hydrogens is 276 g/mol. The highest BCUT2D eigenvalue weighted by Gasteiger charge is 2.28. The van der Waals surface area contributed by atoms with E-state index < -0.39 is 0 Å². The number of carbonyl (C=O) groups is 2. The van der Waals surface area contributed by atoms with E-state index in [2.05, 4.69) is 17.6 Å². The first-order valence-corrected chi connectivity index (χ1v) is 9.26.